The Morgan fingerprint density at radius 2 is 1.39 bits per heavy atom. The van der Waals surface area contributed by atoms with E-state index in [2.05, 4.69) is 14.7 Å². The van der Waals surface area contributed by atoms with Crippen molar-refractivity contribution in [3.05, 3.63) is 77.1 Å². The fraction of sp³-hybridized carbons (Fsp3) is 0.0556. The zero-order valence-corrected chi connectivity index (χ0v) is 13.6. The Morgan fingerprint density at radius 1 is 0.857 bits per heavy atom. The molecule has 0 saturated carbocycles. The van der Waals surface area contributed by atoms with Crippen LogP contribution in [0.4, 0.5) is 26.3 Å². The molecule has 1 heterocycles. The zero-order valence-electron chi connectivity index (χ0n) is 13.6. The molecule has 10 heteroatoms. The third kappa shape index (κ3) is 3.59. The average Bonchev–Trinajstić information content (AvgIpc) is 2.61. The third-order valence-corrected chi connectivity index (χ3v) is 3.53. The van der Waals surface area contributed by atoms with Gasteiger partial charge in [-0.2, -0.15) is 14.0 Å². The van der Waals surface area contributed by atoms with Crippen LogP contribution >= 0.6 is 0 Å². The van der Waals surface area contributed by atoms with Gasteiger partial charge in [0.2, 0.25) is 0 Å². The van der Waals surface area contributed by atoms with E-state index < -0.39 is 46.3 Å². The van der Waals surface area contributed by atoms with Gasteiger partial charge in [0.05, 0.1) is 0 Å². The number of halogens is 6. The van der Waals surface area contributed by atoms with Crippen molar-refractivity contribution < 1.29 is 31.1 Å². The first-order chi connectivity index (χ1) is 13.2. The van der Waals surface area contributed by atoms with Gasteiger partial charge in [-0.3, -0.25) is 0 Å². The van der Waals surface area contributed by atoms with Crippen molar-refractivity contribution in [1.82, 2.24) is 9.97 Å². The Labute approximate surface area is 153 Å². The minimum Gasteiger partial charge on any atom is -0.429 e. The molecule has 0 bridgehead atoms. The van der Waals surface area contributed by atoms with Gasteiger partial charge in [-0.25, -0.2) is 27.5 Å². The van der Waals surface area contributed by atoms with Gasteiger partial charge in [0, 0.05) is 30.1 Å². The van der Waals surface area contributed by atoms with Crippen LogP contribution in [-0.2, 0) is 6.11 Å². The van der Waals surface area contributed by atoms with E-state index in [0.29, 0.717) is 24.3 Å². The van der Waals surface area contributed by atoms with Gasteiger partial charge in [0.15, 0.2) is 5.82 Å². The number of nitriles is 1. The molecule has 0 aliphatic carbocycles. The van der Waals surface area contributed by atoms with E-state index in [1.54, 1.807) is 0 Å². The summed E-state index contributed by atoms with van der Waals surface area (Å²) < 4.78 is 88.3. The topological polar surface area (TPSA) is 58.8 Å². The highest BCUT2D eigenvalue weighted by molar-refractivity contribution is 5.56. The lowest BCUT2D eigenvalue weighted by molar-refractivity contribution is -0.189. The maximum absolute atomic E-state index is 14.3. The molecule has 0 atom stereocenters. The molecular formula is C18H7F6N3O. The molecule has 0 aliphatic heterocycles. The van der Waals surface area contributed by atoms with E-state index in [9.17, 15) is 26.3 Å². The number of rotatable bonds is 4. The summed E-state index contributed by atoms with van der Waals surface area (Å²) in [6.07, 6.45) is -2.03. The first kappa shape index (κ1) is 19.2. The van der Waals surface area contributed by atoms with Gasteiger partial charge in [0.1, 0.15) is 46.2 Å². The monoisotopic (exact) mass is 395 g/mol. The number of ether oxygens (including phenoxy) is 1. The Balaban J connectivity index is 1.99. The normalized spacial score (nSPS) is 11.2. The van der Waals surface area contributed by atoms with E-state index in [1.807, 2.05) is 0 Å². The second-order valence-electron chi connectivity index (χ2n) is 5.38. The summed E-state index contributed by atoms with van der Waals surface area (Å²) in [6, 6.07) is 4.40. The maximum Gasteiger partial charge on any atom is 0.432 e. The van der Waals surface area contributed by atoms with Crippen LogP contribution in [0.2, 0.25) is 0 Å². The number of hydrogen-bond acceptors (Lipinski definition) is 4. The SMILES string of the molecule is N#Cc1c(F)cc(OC(F)(F)c2c(F)cc(-c3ncccn3)cc2F)cc1F. The molecule has 0 aliphatic rings. The molecule has 0 fully saturated rings. The van der Waals surface area contributed by atoms with Crippen LogP contribution in [0.25, 0.3) is 11.4 Å². The lowest BCUT2D eigenvalue weighted by atomic mass is 10.1. The standard InChI is InChI=1S/C18H7F6N3O/c19-12-6-10(7-13(20)11(12)8-25)28-18(23,24)16-14(21)4-9(5-15(16)22)17-26-2-1-3-27-17/h1-7H. The molecular weight excluding hydrogens is 388 g/mol. The lowest BCUT2D eigenvalue weighted by Crippen LogP contribution is -2.25. The van der Waals surface area contributed by atoms with Gasteiger partial charge < -0.3 is 4.74 Å². The second-order valence-corrected chi connectivity index (χ2v) is 5.38. The van der Waals surface area contributed by atoms with Crippen LogP contribution in [0.3, 0.4) is 0 Å². The van der Waals surface area contributed by atoms with Crippen molar-refractivity contribution in [3.63, 3.8) is 0 Å². The lowest BCUT2D eigenvalue weighted by Gasteiger charge is -2.20. The molecule has 4 nitrogen and oxygen atoms in total. The van der Waals surface area contributed by atoms with Crippen molar-refractivity contribution in [1.29, 1.82) is 5.26 Å². The molecule has 28 heavy (non-hydrogen) atoms. The van der Waals surface area contributed by atoms with Crippen LogP contribution in [0.1, 0.15) is 11.1 Å². The fourth-order valence-corrected chi connectivity index (χ4v) is 2.34. The quantitative estimate of drug-likeness (QED) is 0.601. The number of benzene rings is 2. The predicted octanol–water partition coefficient (Wildman–Crippen LogP) is 4.70. The molecule has 3 rings (SSSR count). The molecule has 0 spiro atoms. The van der Waals surface area contributed by atoms with Crippen LogP contribution in [0, 0.1) is 34.6 Å². The smallest absolute Gasteiger partial charge is 0.429 e. The highest BCUT2D eigenvalue weighted by Crippen LogP contribution is 2.37. The molecule has 0 amide bonds. The van der Waals surface area contributed by atoms with Crippen LogP contribution < -0.4 is 4.74 Å². The highest BCUT2D eigenvalue weighted by atomic mass is 19.3. The molecule has 0 saturated heterocycles. The zero-order chi connectivity index (χ0) is 20.5. The summed E-state index contributed by atoms with van der Waals surface area (Å²) in [4.78, 5) is 7.51. The van der Waals surface area contributed by atoms with Crippen molar-refractivity contribution in [3.8, 4) is 23.2 Å². The van der Waals surface area contributed by atoms with Crippen molar-refractivity contribution >= 4 is 0 Å². The average molecular weight is 395 g/mol. The Hall–Kier alpha value is -3.61. The fourth-order valence-electron chi connectivity index (χ4n) is 2.34. The molecule has 1 aromatic heterocycles. The molecule has 2 aromatic carbocycles. The maximum atomic E-state index is 14.3. The Bertz CT molecular complexity index is 1040. The molecule has 0 N–H and O–H groups in total. The first-order valence-electron chi connectivity index (χ1n) is 7.46. The largest absolute Gasteiger partial charge is 0.432 e. The summed E-state index contributed by atoms with van der Waals surface area (Å²) >= 11 is 0. The second kappa shape index (κ2) is 7.19. The van der Waals surface area contributed by atoms with E-state index in [4.69, 9.17) is 5.26 Å². The summed E-state index contributed by atoms with van der Waals surface area (Å²) in [6.45, 7) is 0. The van der Waals surface area contributed by atoms with E-state index >= 15 is 0 Å². The number of alkyl halides is 2. The Kier molecular flexibility index (Phi) is 4.92. The molecule has 3 aromatic rings. The minimum atomic E-state index is -4.61. The summed E-state index contributed by atoms with van der Waals surface area (Å²) in [5.41, 5.74) is -2.98. The van der Waals surface area contributed by atoms with Gasteiger partial charge in [-0.1, -0.05) is 0 Å². The van der Waals surface area contributed by atoms with E-state index in [1.165, 1.54) is 24.5 Å². The molecule has 0 radical (unpaired) electrons. The number of aromatic nitrogens is 2. The first-order valence-corrected chi connectivity index (χ1v) is 7.46. The van der Waals surface area contributed by atoms with Crippen LogP contribution in [0.15, 0.2) is 42.7 Å². The van der Waals surface area contributed by atoms with E-state index in [0.717, 1.165) is 0 Å². The Morgan fingerprint density at radius 3 is 1.89 bits per heavy atom. The third-order valence-electron chi connectivity index (χ3n) is 3.53. The minimum absolute atomic E-state index is 0.104. The van der Waals surface area contributed by atoms with Gasteiger partial charge in [0.25, 0.3) is 0 Å². The van der Waals surface area contributed by atoms with Gasteiger partial charge in [-0.05, 0) is 18.2 Å². The van der Waals surface area contributed by atoms with Crippen molar-refractivity contribution in [2.24, 2.45) is 0 Å². The number of hydrogen-bond donors (Lipinski definition) is 0. The van der Waals surface area contributed by atoms with Gasteiger partial charge in [-0.15, -0.1) is 0 Å². The van der Waals surface area contributed by atoms with Crippen LogP contribution in [-0.4, -0.2) is 9.97 Å². The van der Waals surface area contributed by atoms with Gasteiger partial charge >= 0.3 is 6.11 Å². The number of nitrogens with zero attached hydrogens (tertiary/aromatic N) is 3. The summed E-state index contributed by atoms with van der Waals surface area (Å²) in [5.74, 6) is -7.46. The highest BCUT2D eigenvalue weighted by Gasteiger charge is 2.41. The van der Waals surface area contributed by atoms with Crippen molar-refractivity contribution in [2.75, 3.05) is 0 Å². The van der Waals surface area contributed by atoms with Crippen molar-refractivity contribution in [2.45, 2.75) is 6.11 Å². The van der Waals surface area contributed by atoms with E-state index in [-0.39, 0.29) is 11.4 Å². The summed E-state index contributed by atoms with van der Waals surface area (Å²) in [7, 11) is 0. The summed E-state index contributed by atoms with van der Waals surface area (Å²) in [5, 5.41) is 8.57. The molecule has 0 unspecified atom stereocenters. The van der Waals surface area contributed by atoms with Crippen LogP contribution in [0.5, 0.6) is 5.75 Å². The molecule has 142 valence electrons. The predicted molar refractivity (Wildman–Crippen MR) is 83.0 cm³/mol.